The van der Waals surface area contributed by atoms with Crippen LogP contribution in [0.2, 0.25) is 0 Å². The first-order valence-electron chi connectivity index (χ1n) is 22.3. The Kier molecular flexibility index (Phi) is 19.3. The van der Waals surface area contributed by atoms with E-state index < -0.39 is 5.24 Å². The summed E-state index contributed by atoms with van der Waals surface area (Å²) in [6.45, 7) is 6.42. The largest absolute Gasteiger partial charge is 0.490 e. The third kappa shape index (κ3) is 17.0. The number of hydrogen-bond donors (Lipinski definition) is 2. The van der Waals surface area contributed by atoms with Crippen LogP contribution in [-0.4, -0.2) is 73.4 Å². The Morgan fingerprint density at radius 3 is 1.40 bits per heavy atom. The first kappa shape index (κ1) is 48.3. The molecule has 0 bridgehead atoms. The molecular formula is C54H61ClN4O6. The van der Waals surface area contributed by atoms with Crippen LogP contribution >= 0.6 is 11.6 Å². The lowest BCUT2D eigenvalue weighted by atomic mass is 10.1. The summed E-state index contributed by atoms with van der Waals surface area (Å²) in [7, 11) is 4.30. The summed E-state index contributed by atoms with van der Waals surface area (Å²) in [6, 6.07) is 50.0. The van der Waals surface area contributed by atoms with Crippen LogP contribution in [0.25, 0.3) is 0 Å². The molecule has 8 rings (SSSR count). The fourth-order valence-electron chi connectivity index (χ4n) is 7.22. The zero-order valence-electron chi connectivity index (χ0n) is 37.5. The van der Waals surface area contributed by atoms with Crippen LogP contribution < -0.4 is 30.0 Å². The monoisotopic (exact) mass is 896 g/mol. The zero-order chi connectivity index (χ0) is 45.6. The van der Waals surface area contributed by atoms with Gasteiger partial charge in [-0.15, -0.1) is 0 Å². The minimum absolute atomic E-state index is 0.110. The van der Waals surface area contributed by atoms with Gasteiger partial charge in [0.05, 0.1) is 0 Å². The van der Waals surface area contributed by atoms with Gasteiger partial charge in [0, 0.05) is 50.4 Å². The molecule has 0 aliphatic carbocycles. The maximum Gasteiger partial charge on any atom is 0.252 e. The molecule has 2 fully saturated rings. The molecule has 6 aromatic carbocycles. The Labute approximate surface area is 389 Å². The van der Waals surface area contributed by atoms with Gasteiger partial charge in [0.2, 0.25) is 0 Å². The average Bonchev–Trinajstić information content (AvgIpc) is 3.35. The van der Waals surface area contributed by atoms with Crippen LogP contribution in [0.3, 0.4) is 0 Å². The minimum atomic E-state index is -0.459. The van der Waals surface area contributed by atoms with Gasteiger partial charge < -0.3 is 39.8 Å². The molecule has 2 heterocycles. The lowest BCUT2D eigenvalue weighted by Crippen LogP contribution is -2.35. The standard InChI is InChI=1S/C27H30N2O3.C14H11ClO2.C13H20N2O/c1-29-16-14-25(15-17-29)32-26-9-5-8-22(18-26)19-28-27(30)23-10-12-24(13-11-23)31-20-21-6-3-2-4-7-21;15-14(16)12-6-8-13(9-7-12)17-10-11-4-2-1-3-5-11;1-15-7-5-12(6-8-15)16-13-4-2-3-11(9-13)10-14/h2-13,18,25H,14-17,19-20H2,1H3,(H,28,30);1-9H,10H2;2-4,9,12H,5-8,10,14H2,1H3. The molecule has 65 heavy (non-hydrogen) atoms. The van der Waals surface area contributed by atoms with Crippen molar-refractivity contribution in [1.82, 2.24) is 15.1 Å². The number of amides is 1. The van der Waals surface area contributed by atoms with E-state index >= 15 is 0 Å². The smallest absolute Gasteiger partial charge is 0.252 e. The lowest BCUT2D eigenvalue weighted by Gasteiger charge is -2.29. The topological polar surface area (TPSA) is 116 Å². The maximum atomic E-state index is 12.6. The SMILES string of the molecule is CN1CCC(Oc2cccc(CN)c2)CC1.CN1CCC(Oc2cccc(CNC(=O)c3ccc(OCc4ccccc4)cc3)c2)CC1.O=C(Cl)c1ccc(OCc2ccccc2)cc1. The first-order chi connectivity index (χ1) is 31.7. The van der Waals surface area contributed by atoms with Crippen molar-refractivity contribution in [2.24, 2.45) is 5.73 Å². The van der Waals surface area contributed by atoms with Crippen molar-refractivity contribution in [2.45, 2.75) is 64.2 Å². The molecule has 340 valence electrons. The number of hydrogen-bond acceptors (Lipinski definition) is 9. The number of halogens is 1. The maximum absolute atomic E-state index is 12.6. The molecule has 2 aliphatic rings. The molecule has 2 saturated heterocycles. The highest BCUT2D eigenvalue weighted by atomic mass is 35.5. The van der Waals surface area contributed by atoms with Crippen LogP contribution in [0, 0.1) is 0 Å². The van der Waals surface area contributed by atoms with Crippen molar-refractivity contribution in [3.05, 3.63) is 191 Å². The van der Waals surface area contributed by atoms with E-state index in [1.165, 1.54) is 0 Å². The first-order valence-corrected chi connectivity index (χ1v) is 22.7. The number of ether oxygens (including phenoxy) is 4. The van der Waals surface area contributed by atoms with Crippen LogP contribution in [0.1, 0.15) is 68.7 Å². The molecule has 6 aromatic rings. The number of piperidine rings is 2. The lowest BCUT2D eigenvalue weighted by molar-refractivity contribution is 0.0949. The molecule has 0 aromatic heterocycles. The number of benzene rings is 6. The fraction of sp³-hybridized carbons (Fsp3) is 0.296. The van der Waals surface area contributed by atoms with E-state index in [1.807, 2.05) is 121 Å². The van der Waals surface area contributed by atoms with E-state index in [-0.39, 0.29) is 12.0 Å². The van der Waals surface area contributed by atoms with Crippen molar-refractivity contribution in [3.8, 4) is 23.0 Å². The average molecular weight is 898 g/mol. The summed E-state index contributed by atoms with van der Waals surface area (Å²) in [5.41, 5.74) is 11.0. The Morgan fingerprint density at radius 1 is 0.538 bits per heavy atom. The molecule has 0 spiro atoms. The van der Waals surface area contributed by atoms with Gasteiger partial charge in [0.25, 0.3) is 11.1 Å². The van der Waals surface area contributed by atoms with Crippen molar-refractivity contribution in [3.63, 3.8) is 0 Å². The van der Waals surface area contributed by atoms with Crippen LogP contribution in [0.15, 0.2) is 158 Å². The Balaban J connectivity index is 0.000000178. The molecule has 0 saturated carbocycles. The second kappa shape index (κ2) is 26.0. The van der Waals surface area contributed by atoms with Gasteiger partial charge in [-0.2, -0.15) is 0 Å². The summed E-state index contributed by atoms with van der Waals surface area (Å²) in [5.74, 6) is 3.17. The molecule has 1 amide bonds. The van der Waals surface area contributed by atoms with Crippen LogP contribution in [0.4, 0.5) is 0 Å². The number of nitrogens with two attached hydrogens (primary N) is 1. The number of rotatable bonds is 15. The normalized spacial score (nSPS) is 14.4. The molecule has 3 N–H and O–H groups in total. The number of nitrogens with one attached hydrogen (secondary N) is 1. The molecule has 11 heteroatoms. The van der Waals surface area contributed by atoms with Gasteiger partial charge in [-0.05, 0) is 146 Å². The predicted octanol–water partition coefficient (Wildman–Crippen LogP) is 9.93. The van der Waals surface area contributed by atoms with Gasteiger partial charge in [-0.25, -0.2) is 0 Å². The third-order valence-electron chi connectivity index (χ3n) is 11.1. The number of likely N-dealkylation sites (tertiary alicyclic amines) is 2. The van der Waals surface area contributed by atoms with Crippen molar-refractivity contribution < 1.29 is 28.5 Å². The Morgan fingerprint density at radius 2 is 0.954 bits per heavy atom. The summed E-state index contributed by atoms with van der Waals surface area (Å²) < 4.78 is 23.5. The summed E-state index contributed by atoms with van der Waals surface area (Å²) in [4.78, 5) is 28.1. The van der Waals surface area contributed by atoms with Crippen LogP contribution in [-0.2, 0) is 26.3 Å². The van der Waals surface area contributed by atoms with E-state index in [2.05, 4.69) is 29.2 Å². The van der Waals surface area contributed by atoms with Gasteiger partial charge >= 0.3 is 0 Å². The predicted molar refractivity (Wildman–Crippen MR) is 259 cm³/mol. The summed E-state index contributed by atoms with van der Waals surface area (Å²) in [6.07, 6.45) is 4.94. The highest BCUT2D eigenvalue weighted by molar-refractivity contribution is 6.67. The molecule has 0 unspecified atom stereocenters. The van der Waals surface area contributed by atoms with E-state index in [9.17, 15) is 9.59 Å². The van der Waals surface area contributed by atoms with Gasteiger partial charge in [0.15, 0.2) is 0 Å². The molecule has 2 aliphatic heterocycles. The summed E-state index contributed by atoms with van der Waals surface area (Å²) >= 11 is 5.35. The number of nitrogens with zero attached hydrogens (tertiary/aromatic N) is 2. The molecule has 0 radical (unpaired) electrons. The fourth-order valence-corrected chi connectivity index (χ4v) is 7.34. The van der Waals surface area contributed by atoms with E-state index in [1.54, 1.807) is 36.4 Å². The third-order valence-corrected chi connectivity index (χ3v) is 11.3. The number of carbonyl (C=O) groups excluding carboxylic acids is 2. The Hall–Kier alpha value is -6.17. The van der Waals surface area contributed by atoms with Crippen molar-refractivity contribution >= 4 is 22.8 Å². The van der Waals surface area contributed by atoms with Crippen LogP contribution in [0.5, 0.6) is 23.0 Å². The second-order valence-corrected chi connectivity index (χ2v) is 16.6. The number of carbonyl (C=O) groups is 2. The van der Waals surface area contributed by atoms with Crippen molar-refractivity contribution in [2.75, 3.05) is 40.3 Å². The molecular weight excluding hydrogens is 836 g/mol. The Bertz CT molecular complexity index is 2320. The molecule has 0 atom stereocenters. The van der Waals surface area contributed by atoms with Gasteiger partial charge in [-0.3, -0.25) is 9.59 Å². The van der Waals surface area contributed by atoms with Gasteiger partial charge in [0.1, 0.15) is 48.4 Å². The van der Waals surface area contributed by atoms with Crippen molar-refractivity contribution in [1.29, 1.82) is 0 Å². The zero-order valence-corrected chi connectivity index (χ0v) is 38.2. The molecule has 10 nitrogen and oxygen atoms in total. The second-order valence-electron chi connectivity index (χ2n) is 16.3. The van der Waals surface area contributed by atoms with E-state index in [0.717, 1.165) is 97.1 Å². The van der Waals surface area contributed by atoms with Gasteiger partial charge in [-0.1, -0.05) is 84.9 Å². The minimum Gasteiger partial charge on any atom is -0.490 e. The quantitative estimate of drug-likeness (QED) is 0.0973. The van der Waals surface area contributed by atoms with E-state index in [0.29, 0.717) is 43.5 Å². The summed E-state index contributed by atoms with van der Waals surface area (Å²) in [5, 5.41) is 2.53. The van der Waals surface area contributed by atoms with E-state index in [4.69, 9.17) is 36.3 Å². The highest BCUT2D eigenvalue weighted by Crippen LogP contribution is 2.22. The highest BCUT2D eigenvalue weighted by Gasteiger charge is 2.19.